The Balaban J connectivity index is 1.48. The van der Waals surface area contributed by atoms with Gasteiger partial charge in [-0.05, 0) is 74.2 Å². The van der Waals surface area contributed by atoms with Gasteiger partial charge in [0.05, 0.1) is 4.90 Å². The number of halogens is 1. The minimum Gasteiger partial charge on any atom is -0.484 e. The monoisotopic (exact) mass is 436 g/mol. The van der Waals surface area contributed by atoms with E-state index in [1.54, 1.807) is 17.0 Å². The third kappa shape index (κ3) is 5.72. The van der Waals surface area contributed by atoms with Crippen LogP contribution in [0, 0.1) is 13.8 Å². The highest BCUT2D eigenvalue weighted by atomic mass is 35.5. The fraction of sp³-hybridized carbons (Fsp3) is 0.381. The summed E-state index contributed by atoms with van der Waals surface area (Å²) in [7, 11) is -3.61. The van der Waals surface area contributed by atoms with Crippen molar-refractivity contribution in [2.24, 2.45) is 0 Å². The first-order valence-electron chi connectivity index (χ1n) is 9.50. The Morgan fingerprint density at radius 3 is 2.38 bits per heavy atom. The molecular weight excluding hydrogens is 412 g/mol. The normalized spacial score (nSPS) is 15.3. The maximum atomic E-state index is 12.5. The molecule has 1 fully saturated rings. The van der Waals surface area contributed by atoms with E-state index >= 15 is 0 Å². The number of carbonyl (C=O) groups excluding carboxylic acids is 1. The van der Waals surface area contributed by atoms with Gasteiger partial charge >= 0.3 is 0 Å². The van der Waals surface area contributed by atoms with Crippen LogP contribution in [0.25, 0.3) is 0 Å². The van der Waals surface area contributed by atoms with E-state index in [0.717, 1.165) is 5.56 Å². The Kier molecular flexibility index (Phi) is 6.82. The van der Waals surface area contributed by atoms with Gasteiger partial charge in [-0.1, -0.05) is 17.7 Å². The molecule has 0 aliphatic carbocycles. The van der Waals surface area contributed by atoms with Gasteiger partial charge in [0.15, 0.2) is 6.61 Å². The molecule has 0 saturated carbocycles. The van der Waals surface area contributed by atoms with Crippen molar-refractivity contribution in [1.82, 2.24) is 9.62 Å². The second kappa shape index (κ2) is 9.15. The second-order valence-corrected chi connectivity index (χ2v) is 9.42. The highest BCUT2D eigenvalue weighted by Gasteiger charge is 2.26. The Hall–Kier alpha value is -2.09. The van der Waals surface area contributed by atoms with E-state index in [1.165, 1.54) is 17.7 Å². The number of ether oxygens (including phenoxy) is 1. The van der Waals surface area contributed by atoms with E-state index in [0.29, 0.717) is 36.7 Å². The van der Waals surface area contributed by atoms with E-state index in [9.17, 15) is 13.2 Å². The van der Waals surface area contributed by atoms with Crippen LogP contribution < -0.4 is 9.46 Å². The van der Waals surface area contributed by atoms with Crippen LogP contribution in [0.1, 0.15) is 24.0 Å². The molecule has 2 aromatic rings. The summed E-state index contributed by atoms with van der Waals surface area (Å²) in [6.07, 6.45) is 1.12. The topological polar surface area (TPSA) is 75.7 Å². The van der Waals surface area contributed by atoms with Crippen LogP contribution in [0.15, 0.2) is 47.4 Å². The Morgan fingerprint density at radius 1 is 1.10 bits per heavy atom. The van der Waals surface area contributed by atoms with Crippen LogP contribution in [0.4, 0.5) is 0 Å². The van der Waals surface area contributed by atoms with E-state index in [2.05, 4.69) is 4.72 Å². The van der Waals surface area contributed by atoms with Crippen molar-refractivity contribution in [3.8, 4) is 5.75 Å². The van der Waals surface area contributed by atoms with E-state index in [1.807, 2.05) is 32.0 Å². The third-order valence-corrected chi connectivity index (χ3v) is 6.92. The Labute approximate surface area is 176 Å². The number of likely N-dealkylation sites (tertiary alicyclic amines) is 1. The van der Waals surface area contributed by atoms with Gasteiger partial charge in [-0.25, -0.2) is 13.1 Å². The van der Waals surface area contributed by atoms with Gasteiger partial charge in [-0.3, -0.25) is 4.79 Å². The third-order valence-electron chi connectivity index (χ3n) is 5.13. The van der Waals surface area contributed by atoms with Crippen molar-refractivity contribution in [3.63, 3.8) is 0 Å². The van der Waals surface area contributed by atoms with Gasteiger partial charge in [-0.2, -0.15) is 0 Å². The zero-order chi connectivity index (χ0) is 21.0. The smallest absolute Gasteiger partial charge is 0.260 e. The van der Waals surface area contributed by atoms with E-state index in [-0.39, 0.29) is 23.5 Å². The number of piperidine rings is 1. The maximum Gasteiger partial charge on any atom is 0.260 e. The summed E-state index contributed by atoms with van der Waals surface area (Å²) in [5, 5.41) is 0.485. The average molecular weight is 437 g/mol. The van der Waals surface area contributed by atoms with Gasteiger partial charge in [-0.15, -0.1) is 0 Å². The molecule has 1 heterocycles. The molecule has 0 aromatic heterocycles. The van der Waals surface area contributed by atoms with Gasteiger partial charge in [0, 0.05) is 24.2 Å². The highest BCUT2D eigenvalue weighted by Crippen LogP contribution is 2.19. The van der Waals surface area contributed by atoms with E-state index < -0.39 is 10.0 Å². The van der Waals surface area contributed by atoms with Crippen molar-refractivity contribution in [3.05, 3.63) is 58.6 Å². The molecule has 0 spiro atoms. The molecule has 6 nitrogen and oxygen atoms in total. The molecule has 0 radical (unpaired) electrons. The van der Waals surface area contributed by atoms with Gasteiger partial charge in [0.2, 0.25) is 10.0 Å². The molecule has 8 heteroatoms. The van der Waals surface area contributed by atoms with Crippen molar-refractivity contribution in [1.29, 1.82) is 0 Å². The number of amides is 1. The number of benzene rings is 2. The van der Waals surface area contributed by atoms with Crippen LogP contribution in [0.5, 0.6) is 5.75 Å². The van der Waals surface area contributed by atoms with Crippen LogP contribution in [0.2, 0.25) is 5.02 Å². The van der Waals surface area contributed by atoms with Crippen molar-refractivity contribution >= 4 is 27.5 Å². The number of rotatable bonds is 6. The number of hydrogen-bond donors (Lipinski definition) is 1. The van der Waals surface area contributed by atoms with Crippen LogP contribution >= 0.6 is 11.6 Å². The maximum absolute atomic E-state index is 12.5. The summed E-state index contributed by atoms with van der Waals surface area (Å²) in [5.41, 5.74) is 2.29. The SMILES string of the molecule is Cc1ccc(OCC(=O)N2CCC(NS(=O)(=O)c3ccc(Cl)cc3)CC2)cc1C. The van der Waals surface area contributed by atoms with Crippen molar-refractivity contribution in [2.45, 2.75) is 37.6 Å². The Bertz CT molecular complexity index is 969. The lowest BCUT2D eigenvalue weighted by Crippen LogP contribution is -2.47. The number of hydrogen-bond acceptors (Lipinski definition) is 4. The predicted octanol–water partition coefficient (Wildman–Crippen LogP) is 3.31. The lowest BCUT2D eigenvalue weighted by molar-refractivity contribution is -0.134. The molecular formula is C21H25ClN2O4S. The molecule has 1 saturated heterocycles. The standard InChI is InChI=1S/C21H25ClN2O4S/c1-15-3-6-19(13-16(15)2)28-14-21(25)24-11-9-18(10-12-24)23-29(26,27)20-7-4-17(22)5-8-20/h3-8,13,18,23H,9-12,14H2,1-2H3. The summed E-state index contributed by atoms with van der Waals surface area (Å²) >= 11 is 5.82. The highest BCUT2D eigenvalue weighted by molar-refractivity contribution is 7.89. The number of aryl methyl sites for hydroxylation is 2. The second-order valence-electron chi connectivity index (χ2n) is 7.27. The first-order chi connectivity index (χ1) is 13.7. The molecule has 1 N–H and O–H groups in total. The lowest BCUT2D eigenvalue weighted by Gasteiger charge is -2.32. The average Bonchev–Trinajstić information content (AvgIpc) is 2.69. The van der Waals surface area contributed by atoms with Gasteiger partial charge < -0.3 is 9.64 Å². The predicted molar refractivity (Wildman–Crippen MR) is 113 cm³/mol. The molecule has 0 atom stereocenters. The molecule has 3 rings (SSSR count). The number of nitrogens with zero attached hydrogens (tertiary/aromatic N) is 1. The summed E-state index contributed by atoms with van der Waals surface area (Å²) in [6.45, 7) is 4.98. The zero-order valence-corrected chi connectivity index (χ0v) is 18.1. The molecule has 1 aliphatic rings. The summed E-state index contributed by atoms with van der Waals surface area (Å²) < 4.78 is 33.3. The van der Waals surface area contributed by atoms with Crippen LogP contribution in [0.3, 0.4) is 0 Å². The zero-order valence-electron chi connectivity index (χ0n) is 16.5. The number of sulfonamides is 1. The van der Waals surface area contributed by atoms with Gasteiger partial charge in [0.1, 0.15) is 5.75 Å². The van der Waals surface area contributed by atoms with Gasteiger partial charge in [0.25, 0.3) is 5.91 Å². The summed E-state index contributed by atoms with van der Waals surface area (Å²) in [5.74, 6) is 0.578. The van der Waals surface area contributed by atoms with Crippen LogP contribution in [-0.2, 0) is 14.8 Å². The molecule has 156 valence electrons. The van der Waals surface area contributed by atoms with E-state index in [4.69, 9.17) is 16.3 Å². The fourth-order valence-electron chi connectivity index (χ4n) is 3.19. The molecule has 1 aliphatic heterocycles. The molecule has 1 amide bonds. The molecule has 2 aromatic carbocycles. The molecule has 29 heavy (non-hydrogen) atoms. The Morgan fingerprint density at radius 2 is 1.76 bits per heavy atom. The largest absolute Gasteiger partial charge is 0.484 e. The fourth-order valence-corrected chi connectivity index (χ4v) is 4.62. The lowest BCUT2D eigenvalue weighted by atomic mass is 10.1. The van der Waals surface area contributed by atoms with Crippen LogP contribution in [-0.4, -0.2) is 45.0 Å². The first kappa shape index (κ1) is 21.6. The molecule has 0 unspecified atom stereocenters. The van der Waals surface area contributed by atoms with Crippen molar-refractivity contribution < 1.29 is 17.9 Å². The summed E-state index contributed by atoms with van der Waals surface area (Å²) in [4.78, 5) is 14.3. The first-order valence-corrected chi connectivity index (χ1v) is 11.4. The number of carbonyl (C=O) groups is 1. The minimum atomic E-state index is -3.61. The number of nitrogens with one attached hydrogen (secondary N) is 1. The quantitative estimate of drug-likeness (QED) is 0.753. The summed E-state index contributed by atoms with van der Waals surface area (Å²) in [6, 6.07) is 11.6. The minimum absolute atomic E-state index is 0.0241. The molecule has 0 bridgehead atoms. The van der Waals surface area contributed by atoms with Crippen molar-refractivity contribution in [2.75, 3.05) is 19.7 Å².